The first-order valence-corrected chi connectivity index (χ1v) is 7.81. The van der Waals surface area contributed by atoms with Crippen molar-refractivity contribution in [3.63, 3.8) is 0 Å². The highest BCUT2D eigenvalue weighted by atomic mass is 32.1. The molecule has 2 fully saturated rings. The summed E-state index contributed by atoms with van der Waals surface area (Å²) in [5.41, 5.74) is 0. The molecule has 1 saturated heterocycles. The predicted octanol–water partition coefficient (Wildman–Crippen LogP) is 3.05. The molecule has 1 saturated carbocycles. The number of thiocarbonyl (C=S) groups is 1. The van der Waals surface area contributed by atoms with Crippen LogP contribution >= 0.6 is 12.2 Å². The van der Waals surface area contributed by atoms with E-state index in [1.54, 1.807) is 0 Å². The normalized spacial score (nSPS) is 35.4. The zero-order valence-corrected chi connectivity index (χ0v) is 12.4. The van der Waals surface area contributed by atoms with Crippen LogP contribution in [0.3, 0.4) is 0 Å². The number of nitrogens with zero attached hydrogens (tertiary/aromatic N) is 1. The number of fused-ring (bicyclic) bond motifs is 1. The van der Waals surface area contributed by atoms with Crippen LogP contribution in [-0.2, 0) is 0 Å². The van der Waals surface area contributed by atoms with Crippen molar-refractivity contribution in [3.05, 3.63) is 0 Å². The minimum atomic E-state index is 0.591. The molecule has 1 heterocycles. The highest BCUT2D eigenvalue weighted by Gasteiger charge is 2.34. The third-order valence-electron chi connectivity index (χ3n) is 4.78. The van der Waals surface area contributed by atoms with Crippen LogP contribution in [0.1, 0.15) is 52.4 Å². The maximum absolute atomic E-state index is 5.76. The van der Waals surface area contributed by atoms with Crippen molar-refractivity contribution in [2.75, 3.05) is 6.54 Å². The Labute approximate surface area is 113 Å². The number of likely N-dealkylation sites (tertiary alicyclic amines) is 1. The second-order valence-electron chi connectivity index (χ2n) is 6.39. The number of piperidine rings is 1. The Balaban J connectivity index is 2.04. The van der Waals surface area contributed by atoms with Crippen molar-refractivity contribution in [2.24, 2.45) is 11.8 Å². The SMILES string of the molecule is BC1CCCC2C(=S)N(C(C)C)CCC2CC1. The number of hydrogen-bond donors (Lipinski definition) is 0. The monoisotopic (exact) mass is 251 g/mol. The molecule has 0 aromatic carbocycles. The van der Waals surface area contributed by atoms with Gasteiger partial charge in [0.05, 0.1) is 4.99 Å². The molecule has 1 aliphatic heterocycles. The summed E-state index contributed by atoms with van der Waals surface area (Å²) in [5.74, 6) is 2.54. The Kier molecular flexibility index (Phi) is 4.51. The summed E-state index contributed by atoms with van der Waals surface area (Å²) in [4.78, 5) is 3.76. The van der Waals surface area contributed by atoms with Gasteiger partial charge in [-0.3, -0.25) is 0 Å². The van der Waals surface area contributed by atoms with Crippen molar-refractivity contribution in [1.29, 1.82) is 0 Å². The summed E-state index contributed by atoms with van der Waals surface area (Å²) in [6, 6.07) is 0.591. The molecule has 0 spiro atoms. The lowest BCUT2D eigenvalue weighted by Crippen LogP contribution is -2.48. The molecule has 0 N–H and O–H groups in total. The Bertz CT molecular complexity index is 279. The highest BCUT2D eigenvalue weighted by Crippen LogP contribution is 2.38. The molecule has 0 amide bonds. The summed E-state index contributed by atoms with van der Waals surface area (Å²) in [7, 11) is 2.42. The molecule has 1 aliphatic carbocycles. The largest absolute Gasteiger partial charge is 0.363 e. The van der Waals surface area contributed by atoms with Gasteiger partial charge in [-0.15, -0.1) is 0 Å². The van der Waals surface area contributed by atoms with Crippen molar-refractivity contribution >= 4 is 25.1 Å². The Morgan fingerprint density at radius 2 is 1.94 bits per heavy atom. The third kappa shape index (κ3) is 3.04. The zero-order chi connectivity index (χ0) is 12.4. The van der Waals surface area contributed by atoms with Crippen molar-refractivity contribution in [3.8, 4) is 0 Å². The molecule has 2 rings (SSSR count). The van der Waals surface area contributed by atoms with Crippen LogP contribution in [0.4, 0.5) is 0 Å². The second kappa shape index (κ2) is 5.73. The standard InChI is InChI=1S/C14H26BNS/c1-10(2)16-9-8-11-6-7-12(15)4-3-5-13(11)14(16)17/h10-13H,3-9,15H2,1-2H3. The molecule has 3 heteroatoms. The lowest BCUT2D eigenvalue weighted by atomic mass is 9.70. The molecule has 2 aliphatic rings. The fourth-order valence-electron chi connectivity index (χ4n) is 3.58. The van der Waals surface area contributed by atoms with Gasteiger partial charge in [-0.1, -0.05) is 43.7 Å². The molecule has 3 unspecified atom stereocenters. The molecule has 0 bridgehead atoms. The van der Waals surface area contributed by atoms with Gasteiger partial charge < -0.3 is 4.90 Å². The maximum Gasteiger partial charge on any atom is 0.105 e. The lowest BCUT2D eigenvalue weighted by molar-refractivity contribution is 0.203. The predicted molar refractivity (Wildman–Crippen MR) is 81.4 cm³/mol. The third-order valence-corrected chi connectivity index (χ3v) is 5.31. The van der Waals surface area contributed by atoms with Crippen LogP contribution < -0.4 is 0 Å². The van der Waals surface area contributed by atoms with E-state index in [1.807, 2.05) is 0 Å². The minimum Gasteiger partial charge on any atom is -0.363 e. The van der Waals surface area contributed by atoms with Crippen molar-refractivity contribution in [2.45, 2.75) is 64.2 Å². The second-order valence-corrected chi connectivity index (χ2v) is 6.81. The van der Waals surface area contributed by atoms with E-state index in [2.05, 4.69) is 26.6 Å². The maximum atomic E-state index is 5.76. The average molecular weight is 251 g/mol. The van der Waals surface area contributed by atoms with E-state index >= 15 is 0 Å². The van der Waals surface area contributed by atoms with Gasteiger partial charge in [0.25, 0.3) is 0 Å². The molecule has 1 nitrogen and oxygen atoms in total. The fraction of sp³-hybridized carbons (Fsp3) is 0.929. The van der Waals surface area contributed by atoms with Crippen LogP contribution in [0.2, 0.25) is 5.82 Å². The summed E-state index contributed by atoms with van der Waals surface area (Å²) in [6.07, 6.45) is 8.35. The Morgan fingerprint density at radius 3 is 2.65 bits per heavy atom. The smallest absolute Gasteiger partial charge is 0.105 e. The molecule has 17 heavy (non-hydrogen) atoms. The quantitative estimate of drug-likeness (QED) is 0.520. The number of rotatable bonds is 1. The Hall–Kier alpha value is -0.0451. The van der Waals surface area contributed by atoms with Crippen LogP contribution in [0.15, 0.2) is 0 Å². The molecule has 3 atom stereocenters. The molecule has 96 valence electrons. The van der Waals surface area contributed by atoms with Gasteiger partial charge in [0, 0.05) is 18.5 Å². The molecule has 0 aromatic rings. The first kappa shape index (κ1) is 13.4. The zero-order valence-electron chi connectivity index (χ0n) is 11.6. The fourth-order valence-corrected chi connectivity index (χ4v) is 4.19. The van der Waals surface area contributed by atoms with Crippen LogP contribution in [0, 0.1) is 11.8 Å². The van der Waals surface area contributed by atoms with E-state index in [-0.39, 0.29) is 0 Å². The van der Waals surface area contributed by atoms with Crippen molar-refractivity contribution in [1.82, 2.24) is 4.90 Å². The van der Waals surface area contributed by atoms with E-state index < -0.39 is 0 Å². The van der Waals surface area contributed by atoms with Gasteiger partial charge in [0.15, 0.2) is 0 Å². The van der Waals surface area contributed by atoms with Gasteiger partial charge in [-0.2, -0.15) is 0 Å². The number of hydrogen-bond acceptors (Lipinski definition) is 1. The lowest BCUT2D eigenvalue weighted by Gasteiger charge is -2.44. The van der Waals surface area contributed by atoms with Gasteiger partial charge >= 0.3 is 0 Å². The van der Waals surface area contributed by atoms with Gasteiger partial charge in [0.1, 0.15) is 7.85 Å². The molecular formula is C14H26BNS. The van der Waals surface area contributed by atoms with E-state index in [4.69, 9.17) is 12.2 Å². The summed E-state index contributed by atoms with van der Waals surface area (Å²) in [6.45, 7) is 5.75. The molecule has 0 radical (unpaired) electrons. The van der Waals surface area contributed by atoms with Crippen LogP contribution in [0.5, 0.6) is 0 Å². The molecule has 0 aromatic heterocycles. The highest BCUT2D eigenvalue weighted by molar-refractivity contribution is 7.80. The summed E-state index contributed by atoms with van der Waals surface area (Å²) >= 11 is 5.76. The van der Waals surface area contributed by atoms with E-state index in [1.165, 1.54) is 50.1 Å². The van der Waals surface area contributed by atoms with Crippen LogP contribution in [0.25, 0.3) is 0 Å². The van der Waals surface area contributed by atoms with E-state index in [0.29, 0.717) is 12.0 Å². The summed E-state index contributed by atoms with van der Waals surface area (Å²) in [5, 5.41) is 0. The van der Waals surface area contributed by atoms with E-state index in [0.717, 1.165) is 11.7 Å². The van der Waals surface area contributed by atoms with Crippen molar-refractivity contribution < 1.29 is 0 Å². The van der Waals surface area contributed by atoms with Gasteiger partial charge in [0.2, 0.25) is 0 Å². The average Bonchev–Trinajstić information content (AvgIpc) is 2.25. The molecular weight excluding hydrogens is 225 g/mol. The van der Waals surface area contributed by atoms with Gasteiger partial charge in [-0.05, 0) is 32.6 Å². The minimum absolute atomic E-state index is 0.591. The van der Waals surface area contributed by atoms with E-state index in [9.17, 15) is 0 Å². The van der Waals surface area contributed by atoms with Crippen LogP contribution in [-0.4, -0.2) is 30.3 Å². The van der Waals surface area contributed by atoms with Gasteiger partial charge in [-0.25, -0.2) is 0 Å². The first-order valence-electron chi connectivity index (χ1n) is 7.40. The topological polar surface area (TPSA) is 3.24 Å². The first-order chi connectivity index (χ1) is 8.09. The summed E-state index contributed by atoms with van der Waals surface area (Å²) < 4.78 is 0. The Morgan fingerprint density at radius 1 is 1.18 bits per heavy atom.